The number of carbonyl (C=O) groups is 2. The van der Waals surface area contributed by atoms with Crippen LogP contribution >= 0.6 is 11.6 Å². The van der Waals surface area contributed by atoms with Gasteiger partial charge in [-0.25, -0.2) is 4.39 Å². The van der Waals surface area contributed by atoms with Crippen molar-refractivity contribution in [2.24, 2.45) is 0 Å². The van der Waals surface area contributed by atoms with E-state index in [2.05, 4.69) is 10.4 Å². The molecule has 0 atom stereocenters. The van der Waals surface area contributed by atoms with E-state index >= 15 is 0 Å². The maximum absolute atomic E-state index is 13.0. The number of carbonyl (C=O) groups excluding carboxylic acids is 2. The van der Waals surface area contributed by atoms with Crippen molar-refractivity contribution < 1.29 is 18.4 Å². The molecule has 8 heteroatoms. The number of hydrogen-bond donors (Lipinski definition) is 1. The number of nitrogens with zero attached hydrogens (tertiary/aromatic N) is 2. The smallest absolute Gasteiger partial charge is 0.248 e. The number of amides is 1. The minimum absolute atomic E-state index is 0.150. The number of anilines is 1. The van der Waals surface area contributed by atoms with Crippen molar-refractivity contribution in [1.82, 2.24) is 9.78 Å². The molecule has 138 valence electrons. The molecule has 6 nitrogen and oxygen atoms in total. The molecule has 1 aromatic carbocycles. The molecule has 2 heterocycles. The molecular formula is C19H15ClFN3O3. The average Bonchev–Trinajstić information content (AvgIpc) is 3.24. The molecule has 0 fully saturated rings. The van der Waals surface area contributed by atoms with Gasteiger partial charge in [-0.2, -0.15) is 5.10 Å². The van der Waals surface area contributed by atoms with E-state index in [1.165, 1.54) is 43.5 Å². The molecule has 0 bridgehead atoms. The molecule has 0 saturated carbocycles. The Morgan fingerprint density at radius 1 is 1.33 bits per heavy atom. The van der Waals surface area contributed by atoms with Crippen LogP contribution in [0.25, 0.3) is 6.08 Å². The highest BCUT2D eigenvalue weighted by molar-refractivity contribution is 6.32. The molecule has 0 aliphatic heterocycles. The highest BCUT2D eigenvalue weighted by Gasteiger charge is 2.08. The SMILES string of the molecule is CC(=O)c1ccc(Cn2cc(NC(=O)/C=C\c3ccc(F)cc3Cl)cn2)o1. The first-order valence-electron chi connectivity index (χ1n) is 7.97. The summed E-state index contributed by atoms with van der Waals surface area (Å²) < 4.78 is 20.0. The zero-order valence-corrected chi connectivity index (χ0v) is 15.0. The van der Waals surface area contributed by atoms with E-state index in [9.17, 15) is 14.0 Å². The van der Waals surface area contributed by atoms with Gasteiger partial charge in [-0.15, -0.1) is 0 Å². The Hall–Kier alpha value is -3.19. The molecule has 0 unspecified atom stereocenters. The van der Waals surface area contributed by atoms with E-state index in [1.54, 1.807) is 23.0 Å². The van der Waals surface area contributed by atoms with Gasteiger partial charge in [0.05, 0.1) is 23.5 Å². The average molecular weight is 388 g/mol. The van der Waals surface area contributed by atoms with Crippen LogP contribution in [0.2, 0.25) is 5.02 Å². The van der Waals surface area contributed by atoms with Crippen molar-refractivity contribution >= 4 is 35.1 Å². The highest BCUT2D eigenvalue weighted by atomic mass is 35.5. The first-order valence-corrected chi connectivity index (χ1v) is 8.35. The Bertz CT molecular complexity index is 1020. The zero-order valence-electron chi connectivity index (χ0n) is 14.3. The molecule has 3 aromatic rings. The van der Waals surface area contributed by atoms with Gasteiger partial charge in [0.25, 0.3) is 0 Å². The van der Waals surface area contributed by atoms with E-state index in [4.69, 9.17) is 16.0 Å². The molecule has 0 aliphatic rings. The zero-order chi connectivity index (χ0) is 19.4. The summed E-state index contributed by atoms with van der Waals surface area (Å²) in [5, 5.41) is 7.01. The number of nitrogens with one attached hydrogen (secondary N) is 1. The Balaban J connectivity index is 1.60. The lowest BCUT2D eigenvalue weighted by atomic mass is 10.2. The van der Waals surface area contributed by atoms with E-state index in [0.29, 0.717) is 23.6 Å². The third-order valence-electron chi connectivity index (χ3n) is 3.60. The summed E-state index contributed by atoms with van der Waals surface area (Å²) in [5.41, 5.74) is 1.02. The van der Waals surface area contributed by atoms with E-state index in [-0.39, 0.29) is 22.5 Å². The maximum atomic E-state index is 13.0. The topological polar surface area (TPSA) is 77.1 Å². The van der Waals surface area contributed by atoms with Crippen LogP contribution in [0.1, 0.15) is 28.8 Å². The molecule has 2 aromatic heterocycles. The van der Waals surface area contributed by atoms with Gasteiger partial charge in [-0.1, -0.05) is 17.7 Å². The number of hydrogen-bond acceptors (Lipinski definition) is 4. The number of benzene rings is 1. The minimum Gasteiger partial charge on any atom is -0.456 e. The second kappa shape index (κ2) is 8.01. The molecule has 0 spiro atoms. The van der Waals surface area contributed by atoms with Crippen molar-refractivity contribution in [3.05, 3.63) is 76.7 Å². The van der Waals surface area contributed by atoms with Crippen molar-refractivity contribution in [1.29, 1.82) is 0 Å². The lowest BCUT2D eigenvalue weighted by molar-refractivity contribution is -0.111. The van der Waals surface area contributed by atoms with E-state index in [1.807, 2.05) is 0 Å². The largest absolute Gasteiger partial charge is 0.456 e. The van der Waals surface area contributed by atoms with E-state index in [0.717, 1.165) is 0 Å². The first kappa shape index (κ1) is 18.6. The lowest BCUT2D eigenvalue weighted by Gasteiger charge is -2.00. The lowest BCUT2D eigenvalue weighted by Crippen LogP contribution is -2.07. The molecule has 1 amide bonds. The maximum Gasteiger partial charge on any atom is 0.248 e. The summed E-state index contributed by atoms with van der Waals surface area (Å²) in [6.07, 6.45) is 5.91. The summed E-state index contributed by atoms with van der Waals surface area (Å²) in [7, 11) is 0. The van der Waals surface area contributed by atoms with Crippen molar-refractivity contribution in [2.45, 2.75) is 13.5 Å². The molecular weight excluding hydrogens is 373 g/mol. The number of aromatic nitrogens is 2. The summed E-state index contributed by atoms with van der Waals surface area (Å²) in [5.74, 6) is -0.113. The number of halogens is 2. The predicted molar refractivity (Wildman–Crippen MR) is 99.1 cm³/mol. The third kappa shape index (κ3) is 4.92. The summed E-state index contributed by atoms with van der Waals surface area (Å²) in [6.45, 7) is 1.75. The summed E-state index contributed by atoms with van der Waals surface area (Å²) >= 11 is 5.91. The molecule has 0 radical (unpaired) electrons. The number of rotatable bonds is 6. The van der Waals surface area contributed by atoms with Gasteiger partial charge in [0.15, 0.2) is 11.5 Å². The molecule has 0 aliphatic carbocycles. The fraction of sp³-hybridized carbons (Fsp3) is 0.105. The van der Waals surface area contributed by atoms with Gasteiger partial charge in [0, 0.05) is 19.2 Å². The molecule has 3 rings (SSSR count). The molecule has 1 N–H and O–H groups in total. The van der Waals surface area contributed by atoms with Crippen LogP contribution < -0.4 is 5.32 Å². The van der Waals surface area contributed by atoms with Crippen LogP contribution in [-0.2, 0) is 11.3 Å². The van der Waals surface area contributed by atoms with Crippen molar-refractivity contribution in [3.63, 3.8) is 0 Å². The van der Waals surface area contributed by atoms with Crippen LogP contribution in [0.4, 0.5) is 10.1 Å². The van der Waals surface area contributed by atoms with Crippen molar-refractivity contribution in [3.8, 4) is 0 Å². The minimum atomic E-state index is -0.444. The fourth-order valence-corrected chi connectivity index (χ4v) is 2.54. The summed E-state index contributed by atoms with van der Waals surface area (Å²) in [4.78, 5) is 23.2. The quantitative estimate of drug-likeness (QED) is 0.508. The monoisotopic (exact) mass is 387 g/mol. The van der Waals surface area contributed by atoms with Crippen LogP contribution in [0.15, 0.2) is 53.2 Å². The fourth-order valence-electron chi connectivity index (χ4n) is 2.31. The van der Waals surface area contributed by atoms with Gasteiger partial charge in [0.1, 0.15) is 11.6 Å². The van der Waals surface area contributed by atoms with E-state index < -0.39 is 5.82 Å². The van der Waals surface area contributed by atoms with Crippen LogP contribution in [0.3, 0.4) is 0 Å². The number of furan rings is 1. The van der Waals surface area contributed by atoms with Crippen LogP contribution in [0, 0.1) is 5.82 Å². The standard InChI is InChI=1S/C19H15ClFN3O3/c1-12(25)18-6-5-16(27-18)11-24-10-15(9-22-24)23-19(26)7-3-13-2-4-14(21)8-17(13)20/h2-10H,11H2,1H3,(H,23,26)/b7-3-. The van der Waals surface area contributed by atoms with Gasteiger partial charge >= 0.3 is 0 Å². The van der Waals surface area contributed by atoms with Gasteiger partial charge < -0.3 is 9.73 Å². The Kier molecular flexibility index (Phi) is 5.52. The third-order valence-corrected chi connectivity index (χ3v) is 3.93. The normalized spacial score (nSPS) is 11.1. The first-order chi connectivity index (χ1) is 12.9. The van der Waals surface area contributed by atoms with Crippen LogP contribution in [0.5, 0.6) is 0 Å². The number of Topliss-reactive ketones (excluding diaryl/α,β-unsaturated/α-hetero) is 1. The predicted octanol–water partition coefficient (Wildman–Crippen LogP) is 4.17. The second-order valence-corrected chi connectivity index (χ2v) is 6.14. The van der Waals surface area contributed by atoms with Gasteiger partial charge in [0.2, 0.25) is 5.91 Å². The van der Waals surface area contributed by atoms with Crippen molar-refractivity contribution in [2.75, 3.05) is 5.32 Å². The Morgan fingerprint density at radius 3 is 2.85 bits per heavy atom. The molecule has 27 heavy (non-hydrogen) atoms. The Labute approximate surface area is 159 Å². The summed E-state index contributed by atoms with van der Waals surface area (Å²) in [6, 6.07) is 7.23. The Morgan fingerprint density at radius 2 is 2.15 bits per heavy atom. The molecule has 0 saturated heterocycles. The van der Waals surface area contributed by atoms with Gasteiger partial charge in [-0.05, 0) is 35.9 Å². The highest BCUT2D eigenvalue weighted by Crippen LogP contribution is 2.18. The number of ketones is 1. The van der Waals surface area contributed by atoms with Crippen LogP contribution in [-0.4, -0.2) is 21.5 Å². The van der Waals surface area contributed by atoms with Gasteiger partial charge in [-0.3, -0.25) is 14.3 Å². The second-order valence-electron chi connectivity index (χ2n) is 5.74.